The lowest BCUT2D eigenvalue weighted by Crippen LogP contribution is -2.32. The van der Waals surface area contributed by atoms with Crippen molar-refractivity contribution in [3.63, 3.8) is 0 Å². The third kappa shape index (κ3) is 59.7. The Morgan fingerprint density at radius 3 is 1.52 bits per heavy atom. The van der Waals surface area contributed by atoms with Crippen LogP contribution in [0.25, 0.3) is 0 Å². The first-order chi connectivity index (χ1) is 23.0. The number of hydrogen-bond acceptors (Lipinski definition) is 9. The summed E-state index contributed by atoms with van der Waals surface area (Å²) in [6, 6.07) is -0.661. The van der Waals surface area contributed by atoms with Crippen LogP contribution in [0.1, 0.15) is 157 Å². The van der Waals surface area contributed by atoms with E-state index in [0.717, 1.165) is 46.1 Å². The molecule has 0 saturated carbocycles. The van der Waals surface area contributed by atoms with Gasteiger partial charge in [0.2, 0.25) is 0 Å². The van der Waals surface area contributed by atoms with Crippen molar-refractivity contribution in [1.29, 1.82) is 0 Å². The molecule has 4 N–H and O–H groups in total. The fourth-order valence-electron chi connectivity index (χ4n) is 3.48. The van der Waals surface area contributed by atoms with Crippen LogP contribution in [-0.2, 0) is 32.7 Å². The van der Waals surface area contributed by atoms with Crippen LogP contribution in [0.5, 0.6) is 0 Å². The van der Waals surface area contributed by atoms with E-state index in [1.165, 1.54) is 76.2 Å². The van der Waals surface area contributed by atoms with E-state index in [2.05, 4.69) is 56.5 Å². The normalized spacial score (nSPS) is 12.0. The molecule has 0 aromatic heterocycles. The van der Waals surface area contributed by atoms with E-state index < -0.39 is 13.9 Å². The van der Waals surface area contributed by atoms with Crippen molar-refractivity contribution in [3.05, 3.63) is 25.3 Å². The zero-order chi connectivity index (χ0) is 38.5. The van der Waals surface area contributed by atoms with E-state index >= 15 is 0 Å². The van der Waals surface area contributed by atoms with Gasteiger partial charge in [0.15, 0.2) is 0 Å². The summed E-state index contributed by atoms with van der Waals surface area (Å²) in [5.41, 5.74) is 6.96. The van der Waals surface area contributed by atoms with Crippen LogP contribution in [0.2, 0.25) is 0 Å². The predicted molar refractivity (Wildman–Crippen MR) is 203 cm³/mol. The van der Waals surface area contributed by atoms with Gasteiger partial charge in [-0.2, -0.15) is 0 Å². The Bertz CT molecular complexity index is 700. The molecule has 0 bridgehead atoms. The number of unbranched alkanes of at least 4 members (excludes halogenated alkanes) is 14. The summed E-state index contributed by atoms with van der Waals surface area (Å²) < 4.78 is 25.1. The van der Waals surface area contributed by atoms with Gasteiger partial charge in [-0.15, -0.1) is 13.2 Å². The lowest BCUT2D eigenvalue weighted by atomic mass is 10.0. The number of phosphoric acid groups is 1. The van der Waals surface area contributed by atoms with Crippen LogP contribution in [0.3, 0.4) is 0 Å². The van der Waals surface area contributed by atoms with E-state index in [1.54, 1.807) is 0 Å². The molecule has 0 aromatic carbocycles. The standard InChI is InChI=1S/C20H42NO6P.C7H14.C5H8O2.C2H6.C2H4.CH4O/c1-3-4-5-6-7-8-9-10-11-12-13-14-15-16-20(22)26-17-19(21)18-27-28(23,24)25-2;1-5-7(4)6(2)3;6-4-2-1-3-5-7;3*1-2/h19H,3-18,21H2,1-2H3,(H,23,24);7H,2,5H2,1,3-4H3;4-5H,1-3H2;1-2H3;1-2H2;2H,1H3. The highest BCUT2D eigenvalue weighted by Crippen LogP contribution is 2.41. The van der Waals surface area contributed by atoms with E-state index in [1.807, 2.05) is 13.8 Å². The van der Waals surface area contributed by atoms with Crippen LogP contribution in [0.15, 0.2) is 25.3 Å². The molecule has 0 saturated heterocycles. The number of nitrogens with two attached hydrogens (primary N) is 1. The Labute approximate surface area is 296 Å². The van der Waals surface area contributed by atoms with Crippen molar-refractivity contribution in [1.82, 2.24) is 0 Å². The number of ether oxygens (including phenoxy) is 1. The lowest BCUT2D eigenvalue weighted by molar-refractivity contribution is -0.144. The number of allylic oxidation sites excluding steroid dienone is 1. The molecular formula is C37H78NO9P. The molecule has 3 unspecified atom stereocenters. The Balaban J connectivity index is -0.000000179. The molecule has 0 radical (unpaired) electrons. The molecule has 0 heterocycles. The van der Waals surface area contributed by atoms with Gasteiger partial charge in [0.05, 0.1) is 12.6 Å². The number of hydrogen-bond donors (Lipinski definition) is 3. The molecule has 0 aliphatic rings. The van der Waals surface area contributed by atoms with Gasteiger partial charge in [0, 0.05) is 33.5 Å². The van der Waals surface area contributed by atoms with Crippen molar-refractivity contribution in [3.8, 4) is 0 Å². The molecule has 0 spiro atoms. The van der Waals surface area contributed by atoms with Crippen LogP contribution >= 0.6 is 7.82 Å². The molecule has 0 amide bonds. The fraction of sp³-hybridized carbons (Fsp3) is 0.811. The third-order valence-electron chi connectivity index (χ3n) is 6.72. The molecule has 10 nitrogen and oxygen atoms in total. The second-order valence-corrected chi connectivity index (χ2v) is 12.4. The summed E-state index contributed by atoms with van der Waals surface area (Å²) in [4.78, 5) is 39.9. The zero-order valence-corrected chi connectivity index (χ0v) is 33.2. The van der Waals surface area contributed by atoms with Gasteiger partial charge in [-0.05, 0) is 32.1 Å². The Kier molecular flexibility index (Phi) is 63.6. The van der Waals surface area contributed by atoms with Gasteiger partial charge in [-0.25, -0.2) is 4.57 Å². The lowest BCUT2D eigenvalue weighted by Gasteiger charge is -2.14. The summed E-state index contributed by atoms with van der Waals surface area (Å²) in [7, 11) is -1.97. The van der Waals surface area contributed by atoms with Crippen molar-refractivity contribution in [2.45, 2.75) is 163 Å². The average Bonchev–Trinajstić information content (AvgIpc) is 3.11. The summed E-state index contributed by atoms with van der Waals surface area (Å²) >= 11 is 0. The largest absolute Gasteiger partial charge is 0.471 e. The van der Waals surface area contributed by atoms with Gasteiger partial charge in [0.1, 0.15) is 19.2 Å². The first-order valence-electron chi connectivity index (χ1n) is 17.9. The molecule has 0 aliphatic carbocycles. The molecule has 0 rings (SSSR count). The molecular weight excluding hydrogens is 633 g/mol. The second kappa shape index (κ2) is 52.1. The molecule has 3 atom stereocenters. The van der Waals surface area contributed by atoms with E-state index in [4.69, 9.17) is 20.5 Å². The maximum atomic E-state index is 11.7. The minimum atomic E-state index is -4.04. The van der Waals surface area contributed by atoms with Crippen molar-refractivity contribution in [2.75, 3.05) is 27.4 Å². The van der Waals surface area contributed by atoms with Gasteiger partial charge in [0.25, 0.3) is 0 Å². The molecule has 0 fully saturated rings. The first-order valence-corrected chi connectivity index (χ1v) is 19.4. The number of aliphatic hydroxyl groups is 1. The Morgan fingerprint density at radius 2 is 1.21 bits per heavy atom. The minimum absolute atomic E-state index is 0.0407. The summed E-state index contributed by atoms with van der Waals surface area (Å²) in [5.74, 6) is 0.414. The second-order valence-electron chi connectivity index (χ2n) is 10.8. The van der Waals surface area contributed by atoms with Gasteiger partial charge in [-0.1, -0.05) is 124 Å². The maximum absolute atomic E-state index is 11.7. The smallest absolute Gasteiger partial charge is 0.464 e. The number of carbonyl (C=O) groups is 3. The summed E-state index contributed by atoms with van der Waals surface area (Å²) in [5, 5.41) is 7.00. The number of carbonyl (C=O) groups excluding carboxylic acids is 3. The average molecular weight is 712 g/mol. The van der Waals surface area contributed by atoms with E-state index in [-0.39, 0.29) is 19.2 Å². The van der Waals surface area contributed by atoms with E-state index in [0.29, 0.717) is 31.6 Å². The topological polar surface area (TPSA) is 162 Å². The van der Waals surface area contributed by atoms with Gasteiger partial charge in [-0.3, -0.25) is 13.8 Å². The number of aliphatic hydroxyl groups excluding tert-OH is 1. The number of phosphoric ester groups is 1. The highest BCUT2D eigenvalue weighted by molar-refractivity contribution is 7.47. The van der Waals surface area contributed by atoms with Crippen LogP contribution in [-0.4, -0.2) is 62.0 Å². The van der Waals surface area contributed by atoms with Gasteiger partial charge < -0.3 is 30.1 Å². The zero-order valence-electron chi connectivity index (χ0n) is 32.3. The Morgan fingerprint density at radius 1 is 0.812 bits per heavy atom. The highest BCUT2D eigenvalue weighted by Gasteiger charge is 2.20. The maximum Gasteiger partial charge on any atom is 0.471 e. The SMILES string of the molecule is C=C.C=C(C)C(C)CC.CC.CCCCCCCCCCCCCCCC(=O)OCC(N)COP(=O)(O)OC.CO.O=CCCCC=O. The third-order valence-corrected chi connectivity index (χ3v) is 7.66. The molecule has 0 aliphatic heterocycles. The minimum Gasteiger partial charge on any atom is -0.464 e. The van der Waals surface area contributed by atoms with Crippen LogP contribution < -0.4 is 5.73 Å². The monoisotopic (exact) mass is 712 g/mol. The van der Waals surface area contributed by atoms with Gasteiger partial charge >= 0.3 is 13.8 Å². The quantitative estimate of drug-likeness (QED) is 0.0259. The Hall–Kier alpha value is -1.68. The molecule has 290 valence electrons. The molecule has 11 heteroatoms. The molecule has 0 aromatic rings. The van der Waals surface area contributed by atoms with Crippen LogP contribution in [0.4, 0.5) is 0 Å². The van der Waals surface area contributed by atoms with Crippen molar-refractivity contribution < 1.29 is 42.7 Å². The van der Waals surface area contributed by atoms with E-state index in [9.17, 15) is 18.9 Å². The number of aldehydes is 2. The number of rotatable bonds is 26. The molecule has 48 heavy (non-hydrogen) atoms. The summed E-state index contributed by atoms with van der Waals surface area (Å²) in [6.45, 7) is 22.3. The van der Waals surface area contributed by atoms with Crippen LogP contribution in [0, 0.1) is 5.92 Å². The number of esters is 1. The van der Waals surface area contributed by atoms with Crippen molar-refractivity contribution >= 4 is 26.4 Å². The highest BCUT2D eigenvalue weighted by atomic mass is 31.2. The van der Waals surface area contributed by atoms with Crippen molar-refractivity contribution in [2.24, 2.45) is 11.7 Å². The summed E-state index contributed by atoms with van der Waals surface area (Å²) in [6.07, 6.45) is 21.3. The predicted octanol–water partition coefficient (Wildman–Crippen LogP) is 9.70. The fourth-order valence-corrected chi connectivity index (χ4v) is 3.97. The first kappa shape index (κ1) is 58.5.